The minimum absolute atomic E-state index is 0.0526. The molecule has 10 heteroatoms. The van der Waals surface area contributed by atoms with E-state index in [4.69, 9.17) is 4.74 Å². The molecular formula is C21H15BrN4O4S. The van der Waals surface area contributed by atoms with Crippen LogP contribution in [0.4, 0.5) is 17.2 Å². The first kappa shape index (κ1) is 20.9. The molecule has 0 amide bonds. The molecule has 2 aromatic heterocycles. The van der Waals surface area contributed by atoms with Crippen molar-refractivity contribution in [2.24, 2.45) is 0 Å². The highest BCUT2D eigenvalue weighted by Crippen LogP contribution is 2.37. The molecule has 8 nitrogen and oxygen atoms in total. The normalized spacial score (nSPS) is 10.8. The summed E-state index contributed by atoms with van der Waals surface area (Å²) in [5.74, 6) is 0.00823. The molecule has 2 aromatic carbocycles. The van der Waals surface area contributed by atoms with Gasteiger partial charge in [-0.1, -0.05) is 30.3 Å². The second-order valence-electron chi connectivity index (χ2n) is 6.57. The minimum Gasteiger partial charge on any atom is -0.457 e. The molecule has 0 aliphatic carbocycles. The maximum absolute atomic E-state index is 12.7. The lowest BCUT2D eigenvalue weighted by atomic mass is 10.2. The average molecular weight is 499 g/mol. The number of rotatable bonds is 6. The van der Waals surface area contributed by atoms with Crippen molar-refractivity contribution in [3.63, 3.8) is 0 Å². The molecule has 156 valence electrons. The average Bonchev–Trinajstić information content (AvgIpc) is 3.11. The largest absolute Gasteiger partial charge is 0.457 e. The maximum Gasteiger partial charge on any atom is 0.349 e. The first-order valence-electron chi connectivity index (χ1n) is 9.10. The summed E-state index contributed by atoms with van der Waals surface area (Å²) in [5, 5.41) is 14.9. The van der Waals surface area contributed by atoms with Crippen LogP contribution >= 0.6 is 27.3 Å². The zero-order chi connectivity index (χ0) is 22.0. The van der Waals surface area contributed by atoms with Crippen LogP contribution in [0.5, 0.6) is 0 Å². The number of nitro groups is 1. The number of hydrogen-bond acceptors (Lipinski definition) is 8. The van der Waals surface area contributed by atoms with Crippen molar-refractivity contribution in [1.29, 1.82) is 0 Å². The van der Waals surface area contributed by atoms with Crippen molar-refractivity contribution < 1.29 is 14.5 Å². The number of non-ortho nitro benzene ring substituents is 1. The number of nitro benzene ring substituents is 1. The third kappa shape index (κ3) is 4.39. The van der Waals surface area contributed by atoms with Crippen LogP contribution in [0.15, 0.2) is 59.3 Å². The highest BCUT2D eigenvalue weighted by Gasteiger charge is 2.21. The quantitative estimate of drug-likeness (QED) is 0.204. The fourth-order valence-corrected chi connectivity index (χ4v) is 4.39. The molecule has 0 saturated carbocycles. The van der Waals surface area contributed by atoms with E-state index >= 15 is 0 Å². The lowest BCUT2D eigenvalue weighted by molar-refractivity contribution is -0.384. The van der Waals surface area contributed by atoms with E-state index in [1.165, 1.54) is 29.8 Å². The fraction of sp³-hybridized carbons (Fsp3) is 0.0952. The van der Waals surface area contributed by atoms with Crippen LogP contribution in [0.3, 0.4) is 0 Å². The Morgan fingerprint density at radius 1 is 1.23 bits per heavy atom. The van der Waals surface area contributed by atoms with Gasteiger partial charge in [0.15, 0.2) is 0 Å². The molecule has 2 heterocycles. The Morgan fingerprint density at radius 2 is 2.00 bits per heavy atom. The van der Waals surface area contributed by atoms with Gasteiger partial charge in [0.05, 0.1) is 16.0 Å². The number of anilines is 2. The summed E-state index contributed by atoms with van der Waals surface area (Å²) in [6, 6.07) is 13.8. The van der Waals surface area contributed by atoms with E-state index in [2.05, 4.69) is 31.2 Å². The second-order valence-corrected chi connectivity index (χ2v) is 8.42. The predicted molar refractivity (Wildman–Crippen MR) is 122 cm³/mol. The summed E-state index contributed by atoms with van der Waals surface area (Å²) in [4.78, 5) is 32.9. The molecule has 0 unspecified atom stereocenters. The molecule has 0 bridgehead atoms. The van der Waals surface area contributed by atoms with Gasteiger partial charge in [0.2, 0.25) is 0 Å². The third-order valence-electron chi connectivity index (χ3n) is 4.54. The highest BCUT2D eigenvalue weighted by atomic mass is 79.9. The molecule has 1 N–H and O–H groups in total. The molecule has 0 aliphatic heterocycles. The number of carbonyl (C=O) groups excluding carboxylic acids is 1. The highest BCUT2D eigenvalue weighted by molar-refractivity contribution is 9.10. The summed E-state index contributed by atoms with van der Waals surface area (Å²) in [6.07, 6.45) is 1.38. The number of aryl methyl sites for hydroxylation is 1. The molecule has 0 saturated heterocycles. The first-order chi connectivity index (χ1) is 14.9. The Hall–Kier alpha value is -3.37. The van der Waals surface area contributed by atoms with E-state index in [-0.39, 0.29) is 12.3 Å². The van der Waals surface area contributed by atoms with Crippen molar-refractivity contribution in [2.75, 3.05) is 5.32 Å². The molecule has 0 fully saturated rings. The Balaban J connectivity index is 1.65. The first-order valence-corrected chi connectivity index (χ1v) is 10.7. The van der Waals surface area contributed by atoms with Gasteiger partial charge in [0, 0.05) is 16.6 Å². The topological polar surface area (TPSA) is 107 Å². The summed E-state index contributed by atoms with van der Waals surface area (Å²) in [5.41, 5.74) is 2.01. The Kier molecular flexibility index (Phi) is 5.92. The number of halogens is 1. The van der Waals surface area contributed by atoms with Gasteiger partial charge in [-0.05, 0) is 40.0 Å². The van der Waals surface area contributed by atoms with Gasteiger partial charge in [0.1, 0.15) is 28.5 Å². The SMILES string of the molecule is Cc1c(C(=O)OCc2ccccc2)sc2ncnc(Nc3cc([N+](=O)[O-])ccc3Br)c12. The number of ether oxygens (including phenoxy) is 1. The van der Waals surface area contributed by atoms with Crippen LogP contribution in [0, 0.1) is 17.0 Å². The molecule has 31 heavy (non-hydrogen) atoms. The van der Waals surface area contributed by atoms with Crippen LogP contribution in [-0.4, -0.2) is 20.9 Å². The Morgan fingerprint density at radius 3 is 2.74 bits per heavy atom. The van der Waals surface area contributed by atoms with Gasteiger partial charge in [-0.25, -0.2) is 14.8 Å². The fourth-order valence-electron chi connectivity index (χ4n) is 3.00. The van der Waals surface area contributed by atoms with E-state index in [0.29, 0.717) is 36.6 Å². The van der Waals surface area contributed by atoms with Crippen molar-refractivity contribution >= 4 is 60.6 Å². The van der Waals surface area contributed by atoms with Gasteiger partial charge in [-0.3, -0.25) is 10.1 Å². The number of aromatic nitrogens is 2. The van der Waals surface area contributed by atoms with Gasteiger partial charge in [-0.15, -0.1) is 11.3 Å². The third-order valence-corrected chi connectivity index (χ3v) is 6.41. The minimum atomic E-state index is -0.468. The van der Waals surface area contributed by atoms with Gasteiger partial charge in [0.25, 0.3) is 5.69 Å². The number of esters is 1. The molecule has 4 aromatic rings. The Bertz CT molecular complexity index is 1290. The molecular weight excluding hydrogens is 484 g/mol. The maximum atomic E-state index is 12.7. The van der Waals surface area contributed by atoms with Crippen LogP contribution in [-0.2, 0) is 11.3 Å². The molecule has 0 aliphatic rings. The van der Waals surface area contributed by atoms with Crippen molar-refractivity contribution in [2.45, 2.75) is 13.5 Å². The predicted octanol–water partition coefficient (Wildman–Crippen LogP) is 5.77. The van der Waals surface area contributed by atoms with Crippen molar-refractivity contribution in [3.05, 3.63) is 85.4 Å². The zero-order valence-electron chi connectivity index (χ0n) is 16.2. The van der Waals surface area contributed by atoms with Crippen LogP contribution < -0.4 is 5.32 Å². The van der Waals surface area contributed by atoms with Gasteiger partial charge < -0.3 is 10.1 Å². The summed E-state index contributed by atoms with van der Waals surface area (Å²) >= 11 is 4.61. The van der Waals surface area contributed by atoms with Crippen molar-refractivity contribution in [3.8, 4) is 0 Å². The number of nitrogens with one attached hydrogen (secondary N) is 1. The van der Waals surface area contributed by atoms with Crippen molar-refractivity contribution in [1.82, 2.24) is 9.97 Å². The second kappa shape index (κ2) is 8.78. The zero-order valence-corrected chi connectivity index (χ0v) is 18.6. The summed E-state index contributed by atoms with van der Waals surface area (Å²) in [7, 11) is 0. The smallest absolute Gasteiger partial charge is 0.349 e. The molecule has 0 radical (unpaired) electrons. The van der Waals surface area contributed by atoms with Crippen LogP contribution in [0.2, 0.25) is 0 Å². The van der Waals surface area contributed by atoms with E-state index < -0.39 is 10.9 Å². The Labute approximate surface area is 189 Å². The van der Waals surface area contributed by atoms with Gasteiger partial charge >= 0.3 is 5.97 Å². The number of benzene rings is 2. The molecule has 0 spiro atoms. The number of nitrogens with zero attached hydrogens (tertiary/aromatic N) is 3. The lowest BCUT2D eigenvalue weighted by Crippen LogP contribution is -2.04. The molecule has 4 rings (SSSR count). The van der Waals surface area contributed by atoms with E-state index in [1.807, 2.05) is 30.3 Å². The molecule has 0 atom stereocenters. The number of thiophene rings is 1. The lowest BCUT2D eigenvalue weighted by Gasteiger charge is -2.09. The summed E-state index contributed by atoms with van der Waals surface area (Å²) in [6.45, 7) is 1.97. The van der Waals surface area contributed by atoms with Crippen LogP contribution in [0.1, 0.15) is 20.8 Å². The number of carbonyl (C=O) groups is 1. The number of fused-ring (bicyclic) bond motifs is 1. The summed E-state index contributed by atoms with van der Waals surface area (Å²) < 4.78 is 6.10. The van der Waals surface area contributed by atoms with E-state index in [1.54, 1.807) is 13.0 Å². The van der Waals surface area contributed by atoms with E-state index in [0.717, 1.165) is 5.56 Å². The van der Waals surface area contributed by atoms with Gasteiger partial charge in [-0.2, -0.15) is 0 Å². The van der Waals surface area contributed by atoms with E-state index in [9.17, 15) is 14.9 Å². The monoisotopic (exact) mass is 498 g/mol. The van der Waals surface area contributed by atoms with Crippen LogP contribution in [0.25, 0.3) is 10.2 Å². The number of hydrogen-bond donors (Lipinski definition) is 1. The standard InChI is InChI=1S/C21H15BrN4O4S/c1-12-17-19(25-16-9-14(26(28)29)7-8-15(16)22)23-11-24-20(17)31-18(12)21(27)30-10-13-5-3-2-4-6-13/h2-9,11H,10H2,1H3,(H,23,24,25).